The number of nitrogens with zero attached hydrogens (tertiary/aromatic N) is 1. The van der Waals surface area contributed by atoms with Crippen molar-refractivity contribution in [1.82, 2.24) is 0 Å². The zero-order chi connectivity index (χ0) is 14.7. The highest BCUT2D eigenvalue weighted by Crippen LogP contribution is 2.24. The summed E-state index contributed by atoms with van der Waals surface area (Å²) in [7, 11) is 0. The third-order valence-corrected chi connectivity index (χ3v) is 4.89. The van der Waals surface area contributed by atoms with E-state index in [0.717, 1.165) is 0 Å². The Kier molecular flexibility index (Phi) is 5.60. The first-order valence-corrected chi connectivity index (χ1v) is 8.68. The van der Waals surface area contributed by atoms with Gasteiger partial charge in [0.05, 0.1) is 6.04 Å². The lowest BCUT2D eigenvalue weighted by Crippen LogP contribution is -1.96. The Hall–Kier alpha value is -0.430. The molecule has 0 aliphatic rings. The van der Waals surface area contributed by atoms with Crippen molar-refractivity contribution < 1.29 is 0 Å². The zero-order valence-corrected chi connectivity index (χ0v) is 16.1. The van der Waals surface area contributed by atoms with Crippen molar-refractivity contribution in [3.05, 3.63) is 65.8 Å². The summed E-state index contributed by atoms with van der Waals surface area (Å²) in [5.74, 6) is 0. The van der Waals surface area contributed by atoms with Gasteiger partial charge in [-0.25, -0.2) is 0 Å². The molecule has 3 heteroatoms. The van der Waals surface area contributed by atoms with Gasteiger partial charge in [-0.2, -0.15) is 0 Å². The van der Waals surface area contributed by atoms with Crippen LogP contribution >= 0.6 is 45.2 Å². The number of rotatable bonds is 3. The standard InChI is InChI=1S/C17H17I2N/c1-11-4-5-12(2)14(8-11)10-20-13(3)16-7-6-15(18)9-17(16)19/h4-10,13H,1-3H3/b20-10-. The maximum atomic E-state index is 4.72. The van der Waals surface area contributed by atoms with Gasteiger partial charge in [0.15, 0.2) is 0 Å². The Balaban J connectivity index is 2.24. The molecule has 2 aromatic carbocycles. The van der Waals surface area contributed by atoms with Gasteiger partial charge in [0, 0.05) is 13.4 Å². The number of aliphatic imine (C=N–C) groups is 1. The van der Waals surface area contributed by atoms with Crippen LogP contribution < -0.4 is 0 Å². The molecule has 2 aromatic rings. The van der Waals surface area contributed by atoms with Crippen LogP contribution in [0.2, 0.25) is 0 Å². The molecule has 0 heterocycles. The van der Waals surface area contributed by atoms with Crippen LogP contribution in [0.25, 0.3) is 0 Å². The van der Waals surface area contributed by atoms with Crippen molar-refractivity contribution >= 4 is 51.4 Å². The molecule has 0 amide bonds. The van der Waals surface area contributed by atoms with Crippen molar-refractivity contribution in [2.75, 3.05) is 0 Å². The van der Waals surface area contributed by atoms with Crippen molar-refractivity contribution in [3.8, 4) is 0 Å². The molecule has 0 aromatic heterocycles. The third kappa shape index (κ3) is 4.04. The van der Waals surface area contributed by atoms with Crippen LogP contribution in [-0.2, 0) is 0 Å². The van der Waals surface area contributed by atoms with Gasteiger partial charge in [0.2, 0.25) is 0 Å². The number of benzene rings is 2. The molecule has 0 aliphatic heterocycles. The first-order chi connectivity index (χ1) is 9.47. The fourth-order valence-corrected chi connectivity index (χ4v) is 4.06. The molecule has 0 spiro atoms. The Labute approximate surface area is 148 Å². The number of hydrogen-bond donors (Lipinski definition) is 0. The highest BCUT2D eigenvalue weighted by molar-refractivity contribution is 14.1. The largest absolute Gasteiger partial charge is 0.285 e. The Morgan fingerprint density at radius 3 is 2.50 bits per heavy atom. The average molecular weight is 489 g/mol. The normalized spacial score (nSPS) is 12.8. The van der Waals surface area contributed by atoms with Gasteiger partial charge in [0.1, 0.15) is 0 Å². The fraction of sp³-hybridized carbons (Fsp3) is 0.235. The third-order valence-electron chi connectivity index (χ3n) is 3.28. The predicted octanol–water partition coefficient (Wildman–Crippen LogP) is 5.69. The molecular formula is C17H17I2N. The second-order valence-corrected chi connectivity index (χ2v) is 7.39. The Bertz CT molecular complexity index is 647. The molecule has 0 fully saturated rings. The summed E-state index contributed by atoms with van der Waals surface area (Å²) in [6.45, 7) is 6.38. The van der Waals surface area contributed by atoms with E-state index >= 15 is 0 Å². The fourth-order valence-electron chi connectivity index (χ4n) is 2.01. The van der Waals surface area contributed by atoms with E-state index in [2.05, 4.69) is 102 Å². The molecule has 0 radical (unpaired) electrons. The van der Waals surface area contributed by atoms with E-state index in [1.165, 1.54) is 29.4 Å². The second-order valence-electron chi connectivity index (χ2n) is 4.98. The lowest BCUT2D eigenvalue weighted by molar-refractivity contribution is 0.819. The molecule has 20 heavy (non-hydrogen) atoms. The molecule has 0 saturated carbocycles. The Morgan fingerprint density at radius 2 is 1.80 bits per heavy atom. The van der Waals surface area contributed by atoms with E-state index in [-0.39, 0.29) is 6.04 Å². The minimum Gasteiger partial charge on any atom is -0.285 e. The second kappa shape index (κ2) is 7.02. The summed E-state index contributed by atoms with van der Waals surface area (Å²) in [6.07, 6.45) is 2.00. The summed E-state index contributed by atoms with van der Waals surface area (Å²) < 4.78 is 2.54. The molecule has 2 rings (SSSR count). The van der Waals surface area contributed by atoms with Crippen molar-refractivity contribution in [2.24, 2.45) is 4.99 Å². The van der Waals surface area contributed by atoms with Crippen molar-refractivity contribution in [2.45, 2.75) is 26.8 Å². The van der Waals surface area contributed by atoms with Crippen LogP contribution in [-0.4, -0.2) is 6.21 Å². The van der Waals surface area contributed by atoms with E-state index < -0.39 is 0 Å². The van der Waals surface area contributed by atoms with Crippen LogP contribution in [0.4, 0.5) is 0 Å². The molecular weight excluding hydrogens is 472 g/mol. The minimum atomic E-state index is 0.179. The van der Waals surface area contributed by atoms with Gasteiger partial charge < -0.3 is 0 Å². The van der Waals surface area contributed by atoms with Gasteiger partial charge in [0.25, 0.3) is 0 Å². The van der Waals surface area contributed by atoms with Crippen LogP contribution in [0.5, 0.6) is 0 Å². The monoisotopic (exact) mass is 489 g/mol. The maximum Gasteiger partial charge on any atom is 0.0731 e. The highest BCUT2D eigenvalue weighted by atomic mass is 127. The molecule has 1 atom stereocenters. The lowest BCUT2D eigenvalue weighted by atomic mass is 10.1. The number of aryl methyl sites for hydroxylation is 2. The molecule has 0 bridgehead atoms. The molecule has 104 valence electrons. The van der Waals surface area contributed by atoms with E-state index in [1.807, 2.05) is 6.21 Å². The van der Waals surface area contributed by atoms with Crippen LogP contribution in [0.3, 0.4) is 0 Å². The molecule has 0 N–H and O–H groups in total. The SMILES string of the molecule is Cc1ccc(C)c(/C=N\C(C)c2ccc(I)cc2I)c1. The van der Waals surface area contributed by atoms with Crippen LogP contribution in [0, 0.1) is 21.0 Å². The maximum absolute atomic E-state index is 4.72. The smallest absolute Gasteiger partial charge is 0.0731 e. The van der Waals surface area contributed by atoms with E-state index in [0.29, 0.717) is 0 Å². The van der Waals surface area contributed by atoms with Gasteiger partial charge in [-0.1, -0.05) is 29.8 Å². The zero-order valence-electron chi connectivity index (χ0n) is 11.8. The summed E-state index contributed by atoms with van der Waals surface area (Å²) in [5, 5.41) is 0. The highest BCUT2D eigenvalue weighted by Gasteiger charge is 2.07. The van der Waals surface area contributed by atoms with Crippen molar-refractivity contribution in [1.29, 1.82) is 0 Å². The van der Waals surface area contributed by atoms with Crippen molar-refractivity contribution in [3.63, 3.8) is 0 Å². The summed E-state index contributed by atoms with van der Waals surface area (Å²) in [6, 6.07) is 13.2. The molecule has 0 saturated heterocycles. The topological polar surface area (TPSA) is 12.4 Å². The summed E-state index contributed by atoms with van der Waals surface area (Å²) >= 11 is 4.73. The van der Waals surface area contributed by atoms with Gasteiger partial charge in [-0.05, 0) is 94.8 Å². The Morgan fingerprint density at radius 1 is 1.05 bits per heavy atom. The van der Waals surface area contributed by atoms with Crippen LogP contribution in [0.1, 0.15) is 35.2 Å². The van der Waals surface area contributed by atoms with Crippen LogP contribution in [0.15, 0.2) is 41.4 Å². The van der Waals surface area contributed by atoms with Gasteiger partial charge in [-0.15, -0.1) is 0 Å². The van der Waals surface area contributed by atoms with Gasteiger partial charge in [-0.3, -0.25) is 4.99 Å². The minimum absolute atomic E-state index is 0.179. The number of halogens is 2. The lowest BCUT2D eigenvalue weighted by Gasteiger charge is -2.10. The first-order valence-electron chi connectivity index (χ1n) is 6.53. The summed E-state index contributed by atoms with van der Waals surface area (Å²) in [5.41, 5.74) is 5.03. The average Bonchev–Trinajstić information content (AvgIpc) is 2.39. The first kappa shape index (κ1) is 15.9. The van der Waals surface area contributed by atoms with E-state index in [1.54, 1.807) is 0 Å². The quantitative estimate of drug-likeness (QED) is 0.388. The van der Waals surface area contributed by atoms with Gasteiger partial charge >= 0.3 is 0 Å². The molecule has 1 unspecified atom stereocenters. The predicted molar refractivity (Wildman–Crippen MR) is 104 cm³/mol. The summed E-state index contributed by atoms with van der Waals surface area (Å²) in [4.78, 5) is 4.72. The molecule has 1 nitrogen and oxygen atoms in total. The molecule has 0 aliphatic carbocycles. The van der Waals surface area contributed by atoms with E-state index in [4.69, 9.17) is 4.99 Å². The number of hydrogen-bond acceptors (Lipinski definition) is 1. The van der Waals surface area contributed by atoms with E-state index in [9.17, 15) is 0 Å².